The molecule has 0 atom stereocenters. The van der Waals surface area contributed by atoms with Crippen LogP contribution in [0.3, 0.4) is 0 Å². The molecule has 102 valence electrons. The number of anilines is 1. The van der Waals surface area contributed by atoms with Crippen molar-refractivity contribution in [1.82, 2.24) is 5.32 Å². The van der Waals surface area contributed by atoms with E-state index in [1.54, 1.807) is 0 Å². The predicted molar refractivity (Wildman–Crippen MR) is 77.1 cm³/mol. The lowest BCUT2D eigenvalue weighted by Gasteiger charge is -2.31. The monoisotopic (exact) mass is 258 g/mol. The fourth-order valence-corrected chi connectivity index (χ4v) is 3.36. The Morgan fingerprint density at radius 2 is 2.00 bits per heavy atom. The first-order valence-electron chi connectivity index (χ1n) is 7.31. The normalized spacial score (nSPS) is 21.8. The van der Waals surface area contributed by atoms with Crippen molar-refractivity contribution in [2.45, 2.75) is 39.2 Å². The summed E-state index contributed by atoms with van der Waals surface area (Å²) in [5.74, 6) is 0.321. The molecule has 3 nitrogen and oxygen atoms in total. The van der Waals surface area contributed by atoms with Crippen LogP contribution in [0, 0.1) is 5.41 Å². The molecule has 0 bridgehead atoms. The second kappa shape index (κ2) is 4.97. The summed E-state index contributed by atoms with van der Waals surface area (Å²) in [4.78, 5) is 15.0. The van der Waals surface area contributed by atoms with E-state index in [4.69, 9.17) is 0 Å². The molecule has 0 aromatic heterocycles. The summed E-state index contributed by atoms with van der Waals surface area (Å²) in [6, 6.07) is 8.27. The molecule has 1 aliphatic heterocycles. The first-order chi connectivity index (χ1) is 9.21. The van der Waals surface area contributed by atoms with Gasteiger partial charge < -0.3 is 10.2 Å². The van der Waals surface area contributed by atoms with Crippen LogP contribution >= 0.6 is 0 Å². The molecule has 1 aliphatic carbocycles. The van der Waals surface area contributed by atoms with Crippen molar-refractivity contribution >= 4 is 11.6 Å². The quantitative estimate of drug-likeness (QED) is 0.840. The zero-order chi connectivity index (χ0) is 13.3. The minimum atomic E-state index is -0.141. The van der Waals surface area contributed by atoms with Gasteiger partial charge in [-0.25, -0.2) is 0 Å². The van der Waals surface area contributed by atoms with Crippen molar-refractivity contribution in [3.05, 3.63) is 29.8 Å². The molecular formula is C16H22N2O. The second-order valence-electron chi connectivity index (χ2n) is 6.03. The summed E-state index contributed by atoms with van der Waals surface area (Å²) >= 11 is 0. The zero-order valence-electron chi connectivity index (χ0n) is 11.6. The summed E-state index contributed by atoms with van der Waals surface area (Å²) in [7, 11) is 0. The van der Waals surface area contributed by atoms with Gasteiger partial charge in [-0.2, -0.15) is 0 Å². The highest BCUT2D eigenvalue weighted by Gasteiger charge is 2.40. The van der Waals surface area contributed by atoms with Crippen molar-refractivity contribution in [2.24, 2.45) is 5.41 Å². The molecule has 3 heteroatoms. The van der Waals surface area contributed by atoms with Crippen molar-refractivity contribution in [3.8, 4) is 0 Å². The van der Waals surface area contributed by atoms with Crippen LogP contribution in [0.25, 0.3) is 0 Å². The van der Waals surface area contributed by atoms with Gasteiger partial charge in [-0.05, 0) is 24.5 Å². The largest absolute Gasteiger partial charge is 0.311 e. The molecule has 0 saturated heterocycles. The minimum absolute atomic E-state index is 0.141. The van der Waals surface area contributed by atoms with Gasteiger partial charge in [0.05, 0.1) is 0 Å². The van der Waals surface area contributed by atoms with Crippen molar-refractivity contribution in [2.75, 3.05) is 18.0 Å². The van der Waals surface area contributed by atoms with Gasteiger partial charge in [-0.3, -0.25) is 4.79 Å². The number of rotatable bonds is 1. The Labute approximate surface area is 115 Å². The Morgan fingerprint density at radius 3 is 2.79 bits per heavy atom. The molecule has 19 heavy (non-hydrogen) atoms. The van der Waals surface area contributed by atoms with Crippen LogP contribution in [-0.4, -0.2) is 19.0 Å². The number of hydrogen-bond acceptors (Lipinski definition) is 2. The smallest absolute Gasteiger partial charge is 0.232 e. The third-order valence-electron chi connectivity index (χ3n) is 4.58. The highest BCUT2D eigenvalue weighted by atomic mass is 16.2. The van der Waals surface area contributed by atoms with Gasteiger partial charge in [0.2, 0.25) is 5.91 Å². The van der Waals surface area contributed by atoms with E-state index >= 15 is 0 Å². The molecule has 3 rings (SSSR count). The second-order valence-corrected chi connectivity index (χ2v) is 6.03. The standard InChI is InChI=1S/C16H22N2O/c1-16(8-4-5-9-16)15(19)18-11-10-17-12-13-6-2-3-7-14(13)18/h2-3,6-7,17H,4-5,8-12H2,1H3. The van der Waals surface area contributed by atoms with Crippen LogP contribution in [0.15, 0.2) is 24.3 Å². The summed E-state index contributed by atoms with van der Waals surface area (Å²) in [6.45, 7) is 4.65. The van der Waals surface area contributed by atoms with Crippen LogP contribution in [0.4, 0.5) is 5.69 Å². The number of hydrogen-bond donors (Lipinski definition) is 1. The van der Waals surface area contributed by atoms with E-state index in [9.17, 15) is 4.79 Å². The number of carbonyl (C=O) groups is 1. The lowest BCUT2D eigenvalue weighted by atomic mass is 9.87. The SMILES string of the molecule is CC1(C(=O)N2CCNCc3ccccc32)CCCC1. The Morgan fingerprint density at radius 1 is 1.26 bits per heavy atom. The van der Waals surface area contributed by atoms with Crippen LogP contribution in [0.1, 0.15) is 38.2 Å². The molecule has 1 saturated carbocycles. The molecule has 0 spiro atoms. The van der Waals surface area contributed by atoms with Crippen molar-refractivity contribution in [1.29, 1.82) is 0 Å². The maximum atomic E-state index is 12.9. The Balaban J connectivity index is 1.94. The third kappa shape index (κ3) is 2.27. The number of fused-ring (bicyclic) bond motifs is 1. The van der Waals surface area contributed by atoms with E-state index in [2.05, 4.69) is 24.4 Å². The van der Waals surface area contributed by atoms with Gasteiger partial charge in [0, 0.05) is 30.7 Å². The van der Waals surface area contributed by atoms with Crippen molar-refractivity contribution < 1.29 is 4.79 Å². The number of nitrogens with one attached hydrogen (secondary N) is 1. The molecule has 1 aromatic carbocycles. The fourth-order valence-electron chi connectivity index (χ4n) is 3.36. The topological polar surface area (TPSA) is 32.3 Å². The first-order valence-corrected chi connectivity index (χ1v) is 7.31. The van der Waals surface area contributed by atoms with Gasteiger partial charge in [-0.1, -0.05) is 38.0 Å². The number of carbonyl (C=O) groups excluding carboxylic acids is 1. The minimum Gasteiger partial charge on any atom is -0.311 e. The first kappa shape index (κ1) is 12.7. The average molecular weight is 258 g/mol. The van der Waals surface area contributed by atoms with E-state index in [-0.39, 0.29) is 5.41 Å². The van der Waals surface area contributed by atoms with Gasteiger partial charge in [0.25, 0.3) is 0 Å². The van der Waals surface area contributed by atoms with E-state index in [1.807, 2.05) is 17.0 Å². The Kier molecular flexibility index (Phi) is 3.31. The van der Waals surface area contributed by atoms with E-state index in [1.165, 1.54) is 18.4 Å². The van der Waals surface area contributed by atoms with E-state index in [0.717, 1.165) is 38.2 Å². The average Bonchev–Trinajstić information content (AvgIpc) is 2.76. The molecule has 2 aliphatic rings. The zero-order valence-corrected chi connectivity index (χ0v) is 11.6. The van der Waals surface area contributed by atoms with Gasteiger partial charge in [0.1, 0.15) is 0 Å². The highest BCUT2D eigenvalue weighted by Crippen LogP contribution is 2.40. The van der Waals surface area contributed by atoms with E-state index < -0.39 is 0 Å². The van der Waals surface area contributed by atoms with Crippen LogP contribution < -0.4 is 10.2 Å². The molecule has 1 N–H and O–H groups in total. The molecule has 1 heterocycles. The van der Waals surface area contributed by atoms with Crippen molar-refractivity contribution in [3.63, 3.8) is 0 Å². The molecule has 1 amide bonds. The number of para-hydroxylation sites is 1. The lowest BCUT2D eigenvalue weighted by Crippen LogP contribution is -2.43. The molecular weight excluding hydrogens is 236 g/mol. The van der Waals surface area contributed by atoms with Gasteiger partial charge in [-0.15, -0.1) is 0 Å². The fraction of sp³-hybridized carbons (Fsp3) is 0.562. The van der Waals surface area contributed by atoms with Gasteiger partial charge >= 0.3 is 0 Å². The van der Waals surface area contributed by atoms with Gasteiger partial charge in [0.15, 0.2) is 0 Å². The predicted octanol–water partition coefficient (Wildman–Crippen LogP) is 2.70. The Bertz CT molecular complexity index is 477. The summed E-state index contributed by atoms with van der Waals surface area (Å²) in [5.41, 5.74) is 2.19. The Hall–Kier alpha value is -1.35. The summed E-state index contributed by atoms with van der Waals surface area (Å²) in [6.07, 6.45) is 4.46. The molecule has 1 fully saturated rings. The summed E-state index contributed by atoms with van der Waals surface area (Å²) in [5, 5.41) is 3.40. The maximum absolute atomic E-state index is 12.9. The number of nitrogens with zero attached hydrogens (tertiary/aromatic N) is 1. The summed E-state index contributed by atoms with van der Waals surface area (Å²) < 4.78 is 0. The van der Waals surface area contributed by atoms with Crippen LogP contribution in [-0.2, 0) is 11.3 Å². The molecule has 0 unspecified atom stereocenters. The lowest BCUT2D eigenvalue weighted by molar-refractivity contribution is -0.127. The number of amides is 1. The van der Waals surface area contributed by atoms with E-state index in [0.29, 0.717) is 5.91 Å². The van der Waals surface area contributed by atoms with Crippen LogP contribution in [0.5, 0.6) is 0 Å². The molecule has 1 aromatic rings. The highest BCUT2D eigenvalue weighted by molar-refractivity contribution is 5.98. The third-order valence-corrected chi connectivity index (χ3v) is 4.58. The molecule has 0 radical (unpaired) electrons. The maximum Gasteiger partial charge on any atom is 0.232 e. The van der Waals surface area contributed by atoms with Crippen LogP contribution in [0.2, 0.25) is 0 Å². The number of benzene rings is 1.